The maximum absolute atomic E-state index is 11.5. The van der Waals surface area contributed by atoms with Crippen molar-refractivity contribution in [3.8, 4) is 11.3 Å². The van der Waals surface area contributed by atoms with Crippen LogP contribution < -0.4 is 5.73 Å². The molecule has 0 saturated carbocycles. The first-order chi connectivity index (χ1) is 8.52. The van der Waals surface area contributed by atoms with Crippen LogP contribution in [0.5, 0.6) is 0 Å². The molecule has 0 saturated heterocycles. The van der Waals surface area contributed by atoms with E-state index in [0.29, 0.717) is 27.5 Å². The van der Waals surface area contributed by atoms with Crippen LogP contribution in [0, 0.1) is 0 Å². The van der Waals surface area contributed by atoms with Crippen molar-refractivity contribution in [2.75, 3.05) is 12.8 Å². The number of nitrogens with two attached hydrogens (primary N) is 1. The van der Waals surface area contributed by atoms with Crippen LogP contribution >= 0.6 is 11.6 Å². The summed E-state index contributed by atoms with van der Waals surface area (Å²) in [7, 11) is 3.09. The Kier molecular flexibility index (Phi) is 3.25. The molecule has 94 valence electrons. The smallest absolute Gasteiger partial charge is 0.337 e. The molecular weight excluding hydrogens is 254 g/mol. The molecule has 0 aliphatic rings. The maximum atomic E-state index is 11.5. The van der Waals surface area contributed by atoms with Crippen molar-refractivity contribution in [2.45, 2.75) is 0 Å². The highest BCUT2D eigenvalue weighted by Gasteiger charge is 2.14. The van der Waals surface area contributed by atoms with Crippen molar-refractivity contribution >= 4 is 23.3 Å². The lowest BCUT2D eigenvalue weighted by molar-refractivity contribution is 0.0601. The number of hydrogen-bond donors (Lipinski definition) is 1. The topological polar surface area (TPSA) is 70.1 Å². The molecule has 1 aromatic carbocycles. The molecule has 0 radical (unpaired) electrons. The Morgan fingerprint density at radius 1 is 1.50 bits per heavy atom. The molecule has 2 aromatic rings. The van der Waals surface area contributed by atoms with Crippen LogP contribution in [0.15, 0.2) is 24.4 Å². The van der Waals surface area contributed by atoms with Gasteiger partial charge < -0.3 is 10.5 Å². The number of aromatic nitrogens is 2. The van der Waals surface area contributed by atoms with Gasteiger partial charge in [-0.1, -0.05) is 11.6 Å². The van der Waals surface area contributed by atoms with Gasteiger partial charge in [0.2, 0.25) is 0 Å². The van der Waals surface area contributed by atoms with E-state index in [1.54, 1.807) is 36.1 Å². The van der Waals surface area contributed by atoms with E-state index in [2.05, 4.69) is 9.84 Å². The van der Waals surface area contributed by atoms with Gasteiger partial charge >= 0.3 is 5.97 Å². The Bertz CT molecular complexity index is 607. The SMILES string of the molecule is COC(=O)c1ccc(Cl)c(-c2nn(C)cc2N)c1. The second-order valence-electron chi connectivity index (χ2n) is 3.79. The average molecular weight is 266 g/mol. The number of esters is 1. The van der Waals surface area contributed by atoms with Gasteiger partial charge in [-0.3, -0.25) is 4.68 Å². The van der Waals surface area contributed by atoms with Crippen molar-refractivity contribution in [3.63, 3.8) is 0 Å². The fourth-order valence-corrected chi connectivity index (χ4v) is 1.87. The highest BCUT2D eigenvalue weighted by Crippen LogP contribution is 2.31. The molecule has 1 heterocycles. The third-order valence-corrected chi connectivity index (χ3v) is 2.83. The number of carbonyl (C=O) groups excluding carboxylic acids is 1. The summed E-state index contributed by atoms with van der Waals surface area (Å²) < 4.78 is 6.25. The fraction of sp³-hybridized carbons (Fsp3) is 0.167. The monoisotopic (exact) mass is 265 g/mol. The Morgan fingerprint density at radius 3 is 2.78 bits per heavy atom. The largest absolute Gasteiger partial charge is 0.465 e. The summed E-state index contributed by atoms with van der Waals surface area (Å²) in [6, 6.07) is 4.83. The molecule has 5 nitrogen and oxygen atoms in total. The summed E-state index contributed by atoms with van der Waals surface area (Å²) in [6.07, 6.45) is 1.68. The van der Waals surface area contributed by atoms with Gasteiger partial charge in [-0.15, -0.1) is 0 Å². The summed E-state index contributed by atoms with van der Waals surface area (Å²) in [6.45, 7) is 0. The van der Waals surface area contributed by atoms with Gasteiger partial charge in [0.05, 0.1) is 23.4 Å². The number of aryl methyl sites for hydroxylation is 1. The van der Waals surface area contributed by atoms with Crippen molar-refractivity contribution in [2.24, 2.45) is 7.05 Å². The van der Waals surface area contributed by atoms with Crippen LogP contribution in [0.4, 0.5) is 5.69 Å². The normalized spacial score (nSPS) is 10.4. The predicted molar refractivity (Wildman–Crippen MR) is 69.4 cm³/mol. The van der Waals surface area contributed by atoms with E-state index in [4.69, 9.17) is 17.3 Å². The molecule has 0 unspecified atom stereocenters. The summed E-state index contributed by atoms with van der Waals surface area (Å²) in [5.41, 5.74) is 7.91. The predicted octanol–water partition coefficient (Wildman–Crippen LogP) is 2.11. The van der Waals surface area contributed by atoms with E-state index >= 15 is 0 Å². The van der Waals surface area contributed by atoms with Gasteiger partial charge in [-0.2, -0.15) is 5.10 Å². The van der Waals surface area contributed by atoms with E-state index < -0.39 is 5.97 Å². The highest BCUT2D eigenvalue weighted by atomic mass is 35.5. The second kappa shape index (κ2) is 4.70. The Labute approximate surface area is 109 Å². The molecule has 0 aliphatic carbocycles. The van der Waals surface area contributed by atoms with Crippen LogP contribution in [-0.2, 0) is 11.8 Å². The first-order valence-corrected chi connectivity index (χ1v) is 5.58. The zero-order valence-corrected chi connectivity index (χ0v) is 10.7. The van der Waals surface area contributed by atoms with Crippen LogP contribution in [0.25, 0.3) is 11.3 Å². The maximum Gasteiger partial charge on any atom is 0.337 e. The average Bonchev–Trinajstić information content (AvgIpc) is 2.68. The van der Waals surface area contributed by atoms with E-state index in [9.17, 15) is 4.79 Å². The number of halogens is 1. The van der Waals surface area contributed by atoms with E-state index in [1.165, 1.54) is 7.11 Å². The summed E-state index contributed by atoms with van der Waals surface area (Å²) in [5, 5.41) is 4.70. The van der Waals surface area contributed by atoms with Crippen molar-refractivity contribution in [3.05, 3.63) is 35.0 Å². The number of rotatable bonds is 2. The molecule has 18 heavy (non-hydrogen) atoms. The highest BCUT2D eigenvalue weighted by molar-refractivity contribution is 6.33. The zero-order chi connectivity index (χ0) is 13.3. The number of nitrogen functional groups attached to an aromatic ring is 1. The number of ether oxygens (including phenoxy) is 1. The van der Waals surface area contributed by atoms with E-state index in [-0.39, 0.29) is 0 Å². The minimum Gasteiger partial charge on any atom is -0.465 e. The van der Waals surface area contributed by atoms with Crippen molar-refractivity contribution in [1.82, 2.24) is 9.78 Å². The first-order valence-electron chi connectivity index (χ1n) is 5.20. The van der Waals surface area contributed by atoms with Crippen LogP contribution in [-0.4, -0.2) is 22.9 Å². The second-order valence-corrected chi connectivity index (χ2v) is 4.20. The minimum atomic E-state index is -0.428. The number of hydrogen-bond acceptors (Lipinski definition) is 4. The van der Waals surface area contributed by atoms with Crippen LogP contribution in [0.3, 0.4) is 0 Å². The third-order valence-electron chi connectivity index (χ3n) is 2.50. The van der Waals surface area contributed by atoms with E-state index in [0.717, 1.165) is 0 Å². The molecule has 2 rings (SSSR count). The Morgan fingerprint density at radius 2 is 2.22 bits per heavy atom. The third kappa shape index (κ3) is 2.17. The summed E-state index contributed by atoms with van der Waals surface area (Å²) in [5.74, 6) is -0.428. The number of benzene rings is 1. The standard InChI is InChI=1S/C12H12ClN3O2/c1-16-6-10(14)11(15-16)8-5-7(12(17)18-2)3-4-9(8)13/h3-6H,14H2,1-2H3. The van der Waals surface area contributed by atoms with E-state index in [1.807, 2.05) is 0 Å². The molecule has 0 atom stereocenters. The summed E-state index contributed by atoms with van der Waals surface area (Å²) >= 11 is 6.10. The van der Waals surface area contributed by atoms with Gasteiger partial charge in [0.15, 0.2) is 0 Å². The Balaban J connectivity index is 2.56. The molecule has 6 heteroatoms. The molecule has 2 N–H and O–H groups in total. The van der Waals surface area contributed by atoms with Crippen LogP contribution in [0.1, 0.15) is 10.4 Å². The molecule has 0 bridgehead atoms. The van der Waals surface area contributed by atoms with Gasteiger partial charge in [-0.05, 0) is 18.2 Å². The minimum absolute atomic E-state index is 0.405. The van der Waals surface area contributed by atoms with Gasteiger partial charge in [0, 0.05) is 18.8 Å². The van der Waals surface area contributed by atoms with Crippen molar-refractivity contribution in [1.29, 1.82) is 0 Å². The molecule has 1 aromatic heterocycles. The molecule has 0 fully saturated rings. The molecule has 0 spiro atoms. The van der Waals surface area contributed by atoms with Gasteiger partial charge in [0.25, 0.3) is 0 Å². The molecular formula is C12H12ClN3O2. The molecule has 0 amide bonds. The lowest BCUT2D eigenvalue weighted by Gasteiger charge is -2.05. The van der Waals surface area contributed by atoms with Crippen LogP contribution in [0.2, 0.25) is 5.02 Å². The Hall–Kier alpha value is -2.01. The molecule has 0 aliphatic heterocycles. The van der Waals surface area contributed by atoms with Gasteiger partial charge in [0.1, 0.15) is 5.69 Å². The lowest BCUT2D eigenvalue weighted by Crippen LogP contribution is -2.01. The number of carbonyl (C=O) groups is 1. The lowest BCUT2D eigenvalue weighted by atomic mass is 10.1. The zero-order valence-electron chi connectivity index (χ0n) is 9.98. The summed E-state index contributed by atoms with van der Waals surface area (Å²) in [4.78, 5) is 11.5. The van der Waals surface area contributed by atoms with Crippen molar-refractivity contribution < 1.29 is 9.53 Å². The number of anilines is 1. The van der Waals surface area contributed by atoms with Gasteiger partial charge in [-0.25, -0.2) is 4.79 Å². The number of methoxy groups -OCH3 is 1. The first kappa shape index (κ1) is 12.4. The fourth-order valence-electron chi connectivity index (χ4n) is 1.67. The number of nitrogens with zero attached hydrogens (tertiary/aromatic N) is 2. The quantitative estimate of drug-likeness (QED) is 0.845.